The van der Waals surface area contributed by atoms with Crippen LogP contribution in [0.15, 0.2) is 10.9 Å². The first-order chi connectivity index (χ1) is 12.5. The maximum Gasteiger partial charge on any atom is 0.252 e. The molecular weight excluding hydrogens is 328 g/mol. The highest BCUT2D eigenvalue weighted by Gasteiger charge is 2.33. The van der Waals surface area contributed by atoms with E-state index in [1.807, 2.05) is 20.8 Å². The minimum atomic E-state index is -0.0498. The molecule has 1 saturated heterocycles. The lowest BCUT2D eigenvalue weighted by atomic mass is 9.78. The van der Waals surface area contributed by atoms with Gasteiger partial charge in [0.2, 0.25) is 5.95 Å². The summed E-state index contributed by atoms with van der Waals surface area (Å²) in [6.45, 7) is 7.94. The average Bonchev–Trinajstić information content (AvgIpc) is 3.08. The van der Waals surface area contributed by atoms with Crippen molar-refractivity contribution in [2.45, 2.75) is 58.4 Å². The van der Waals surface area contributed by atoms with Crippen molar-refractivity contribution < 1.29 is 0 Å². The molecule has 2 aromatic heterocycles. The van der Waals surface area contributed by atoms with E-state index in [1.165, 1.54) is 12.8 Å². The van der Waals surface area contributed by atoms with Gasteiger partial charge in [-0.3, -0.25) is 9.78 Å². The summed E-state index contributed by atoms with van der Waals surface area (Å²) in [5.41, 5.74) is 2.98. The van der Waals surface area contributed by atoms with Crippen LogP contribution in [0, 0.1) is 20.8 Å². The first kappa shape index (κ1) is 17.0. The SMILES string of the molecule is Cc1nc(C)c(C)c(NC2CC(c3cc(=O)[nH]c(N4CCCC4)n3)C2)n1. The average molecular weight is 354 g/mol. The second-order valence-electron chi connectivity index (χ2n) is 7.53. The quantitative estimate of drug-likeness (QED) is 0.877. The molecule has 1 saturated carbocycles. The molecule has 2 N–H and O–H groups in total. The van der Waals surface area contributed by atoms with E-state index >= 15 is 0 Å². The Bertz CT molecular complexity index is 865. The van der Waals surface area contributed by atoms with Crippen LogP contribution in [0.1, 0.15) is 54.4 Å². The molecule has 2 aliphatic rings. The molecule has 2 fully saturated rings. The lowest BCUT2D eigenvalue weighted by Gasteiger charge is -2.36. The lowest BCUT2D eigenvalue weighted by Crippen LogP contribution is -2.36. The van der Waals surface area contributed by atoms with Crippen LogP contribution in [0.3, 0.4) is 0 Å². The van der Waals surface area contributed by atoms with Crippen molar-refractivity contribution in [3.8, 4) is 0 Å². The van der Waals surface area contributed by atoms with Crippen molar-refractivity contribution in [1.29, 1.82) is 0 Å². The van der Waals surface area contributed by atoms with Gasteiger partial charge in [0.1, 0.15) is 11.6 Å². The van der Waals surface area contributed by atoms with Crippen molar-refractivity contribution in [2.24, 2.45) is 0 Å². The molecule has 4 rings (SSSR count). The van der Waals surface area contributed by atoms with E-state index in [1.54, 1.807) is 6.07 Å². The van der Waals surface area contributed by atoms with Gasteiger partial charge in [-0.25, -0.2) is 15.0 Å². The molecule has 0 amide bonds. The summed E-state index contributed by atoms with van der Waals surface area (Å²) in [6, 6.07) is 2.02. The van der Waals surface area contributed by atoms with Crippen molar-refractivity contribution in [1.82, 2.24) is 19.9 Å². The van der Waals surface area contributed by atoms with Crippen molar-refractivity contribution in [2.75, 3.05) is 23.3 Å². The molecule has 0 atom stereocenters. The molecule has 0 spiro atoms. The molecule has 0 radical (unpaired) electrons. The number of aryl methyl sites for hydroxylation is 2. The standard InChI is InChI=1S/C19H26N6O/c1-11-12(2)20-13(3)21-18(11)22-15-8-14(9-15)16-10-17(26)24-19(23-16)25-6-4-5-7-25/h10,14-15H,4-9H2,1-3H3,(H,20,21,22)(H,23,24,26). The third-order valence-corrected chi connectivity index (χ3v) is 5.55. The fraction of sp³-hybridized carbons (Fsp3) is 0.579. The zero-order chi connectivity index (χ0) is 18.3. The molecule has 138 valence electrons. The molecule has 26 heavy (non-hydrogen) atoms. The molecule has 7 heteroatoms. The van der Waals surface area contributed by atoms with E-state index in [0.717, 1.165) is 60.5 Å². The van der Waals surface area contributed by atoms with Crippen LogP contribution >= 0.6 is 0 Å². The first-order valence-electron chi connectivity index (χ1n) is 9.44. The zero-order valence-corrected chi connectivity index (χ0v) is 15.7. The minimum Gasteiger partial charge on any atom is -0.367 e. The van der Waals surface area contributed by atoms with Crippen molar-refractivity contribution in [3.05, 3.63) is 39.2 Å². The number of nitrogens with zero attached hydrogens (tertiary/aromatic N) is 4. The van der Waals surface area contributed by atoms with Gasteiger partial charge in [-0.05, 0) is 46.5 Å². The maximum atomic E-state index is 12.0. The summed E-state index contributed by atoms with van der Waals surface area (Å²) < 4.78 is 0. The Morgan fingerprint density at radius 2 is 1.85 bits per heavy atom. The van der Waals surface area contributed by atoms with Gasteiger partial charge < -0.3 is 10.2 Å². The predicted octanol–water partition coefficient (Wildman–Crippen LogP) is 2.44. The van der Waals surface area contributed by atoms with Gasteiger partial charge in [0.15, 0.2) is 0 Å². The van der Waals surface area contributed by atoms with Crippen LogP contribution < -0.4 is 15.8 Å². The summed E-state index contributed by atoms with van der Waals surface area (Å²) >= 11 is 0. The fourth-order valence-corrected chi connectivity index (χ4v) is 3.83. The Morgan fingerprint density at radius 3 is 2.58 bits per heavy atom. The highest BCUT2D eigenvalue weighted by atomic mass is 16.1. The molecule has 7 nitrogen and oxygen atoms in total. The van der Waals surface area contributed by atoms with Gasteiger partial charge in [0.05, 0.1) is 5.69 Å². The second-order valence-corrected chi connectivity index (χ2v) is 7.53. The van der Waals surface area contributed by atoms with E-state index in [-0.39, 0.29) is 5.56 Å². The van der Waals surface area contributed by atoms with E-state index in [4.69, 9.17) is 4.98 Å². The molecule has 1 aliphatic heterocycles. The number of hydrogen-bond donors (Lipinski definition) is 2. The highest BCUT2D eigenvalue weighted by molar-refractivity contribution is 5.47. The molecule has 0 bridgehead atoms. The van der Waals surface area contributed by atoms with Gasteiger partial charge in [-0.2, -0.15) is 0 Å². The Labute approximate surface area is 153 Å². The van der Waals surface area contributed by atoms with E-state index in [9.17, 15) is 4.79 Å². The second kappa shape index (κ2) is 6.70. The number of aromatic nitrogens is 4. The molecule has 0 unspecified atom stereocenters. The van der Waals surface area contributed by atoms with E-state index in [0.29, 0.717) is 12.0 Å². The number of rotatable bonds is 4. The lowest BCUT2D eigenvalue weighted by molar-refractivity contribution is 0.365. The maximum absolute atomic E-state index is 12.0. The third kappa shape index (κ3) is 3.30. The highest BCUT2D eigenvalue weighted by Crippen LogP contribution is 2.38. The minimum absolute atomic E-state index is 0.0498. The van der Waals surface area contributed by atoms with Gasteiger partial charge in [0.25, 0.3) is 5.56 Å². The Morgan fingerprint density at radius 1 is 1.12 bits per heavy atom. The van der Waals surface area contributed by atoms with Crippen LogP contribution in [0.25, 0.3) is 0 Å². The van der Waals surface area contributed by atoms with E-state index in [2.05, 4.69) is 25.2 Å². The summed E-state index contributed by atoms with van der Waals surface area (Å²) in [7, 11) is 0. The number of hydrogen-bond acceptors (Lipinski definition) is 6. The predicted molar refractivity (Wildman–Crippen MR) is 102 cm³/mol. The topological polar surface area (TPSA) is 86.8 Å². The zero-order valence-electron chi connectivity index (χ0n) is 15.7. The van der Waals surface area contributed by atoms with Crippen LogP contribution in [0.2, 0.25) is 0 Å². The number of nitrogens with one attached hydrogen (secondary N) is 2. The fourth-order valence-electron chi connectivity index (χ4n) is 3.83. The van der Waals surface area contributed by atoms with Crippen molar-refractivity contribution in [3.63, 3.8) is 0 Å². The molecular formula is C19H26N6O. The molecule has 0 aromatic carbocycles. The summed E-state index contributed by atoms with van der Waals surface area (Å²) in [5.74, 6) is 2.79. The largest absolute Gasteiger partial charge is 0.367 e. The monoisotopic (exact) mass is 354 g/mol. The Balaban J connectivity index is 1.44. The summed E-state index contributed by atoms with van der Waals surface area (Å²) in [4.78, 5) is 30.8. The van der Waals surface area contributed by atoms with E-state index < -0.39 is 0 Å². The van der Waals surface area contributed by atoms with Gasteiger partial charge in [-0.1, -0.05) is 0 Å². The Kier molecular flexibility index (Phi) is 4.38. The van der Waals surface area contributed by atoms with Gasteiger partial charge in [0, 0.05) is 42.4 Å². The third-order valence-electron chi connectivity index (χ3n) is 5.55. The molecule has 2 aromatic rings. The van der Waals surface area contributed by atoms with Crippen molar-refractivity contribution >= 4 is 11.8 Å². The van der Waals surface area contributed by atoms with Gasteiger partial charge >= 0.3 is 0 Å². The summed E-state index contributed by atoms with van der Waals surface area (Å²) in [6.07, 6.45) is 4.27. The van der Waals surface area contributed by atoms with Crippen LogP contribution in [0.4, 0.5) is 11.8 Å². The molecule has 1 aliphatic carbocycles. The van der Waals surface area contributed by atoms with Gasteiger partial charge in [-0.15, -0.1) is 0 Å². The summed E-state index contributed by atoms with van der Waals surface area (Å²) in [5, 5.41) is 3.54. The molecule has 3 heterocycles. The number of aromatic amines is 1. The first-order valence-corrected chi connectivity index (χ1v) is 9.44. The number of anilines is 2. The number of H-pyrrole nitrogens is 1. The smallest absolute Gasteiger partial charge is 0.252 e. The van der Waals surface area contributed by atoms with Crippen LogP contribution in [-0.4, -0.2) is 39.1 Å². The normalized spacial score (nSPS) is 22.3. The van der Waals surface area contributed by atoms with Crippen LogP contribution in [0.5, 0.6) is 0 Å². The Hall–Kier alpha value is -2.44. The van der Waals surface area contributed by atoms with Crippen LogP contribution in [-0.2, 0) is 0 Å².